The number of furan rings is 1. The van der Waals surface area contributed by atoms with Crippen molar-refractivity contribution in [2.24, 2.45) is 4.99 Å². The van der Waals surface area contributed by atoms with Crippen molar-refractivity contribution in [1.29, 1.82) is 0 Å². The van der Waals surface area contributed by atoms with E-state index in [2.05, 4.69) is 35.7 Å². The van der Waals surface area contributed by atoms with Crippen LogP contribution in [0.4, 0.5) is 0 Å². The van der Waals surface area contributed by atoms with E-state index < -0.39 is 5.60 Å². The molecule has 11 heteroatoms. The van der Waals surface area contributed by atoms with Crippen molar-refractivity contribution in [2.75, 3.05) is 45.9 Å². The van der Waals surface area contributed by atoms with Gasteiger partial charge in [-0.05, 0) is 26.0 Å². The van der Waals surface area contributed by atoms with Gasteiger partial charge in [-0.2, -0.15) is 0 Å². The Morgan fingerprint density at radius 1 is 1.38 bits per heavy atom. The van der Waals surface area contributed by atoms with E-state index in [1.807, 2.05) is 13.8 Å². The highest BCUT2D eigenvalue weighted by atomic mass is 127. The number of rotatable bonds is 8. The number of hydrogen-bond acceptors (Lipinski definition) is 7. The molecule has 1 atom stereocenters. The molecule has 1 aliphatic rings. The van der Waals surface area contributed by atoms with Crippen molar-refractivity contribution in [3.05, 3.63) is 24.2 Å². The molecule has 0 saturated carbocycles. The number of H-pyrrole nitrogens is 1. The maximum absolute atomic E-state index is 10.7. The Labute approximate surface area is 187 Å². The first-order valence-corrected chi connectivity index (χ1v) is 9.55. The van der Waals surface area contributed by atoms with E-state index in [4.69, 9.17) is 9.15 Å². The van der Waals surface area contributed by atoms with Gasteiger partial charge in [-0.25, -0.2) is 9.98 Å². The van der Waals surface area contributed by atoms with E-state index in [-0.39, 0.29) is 24.0 Å². The average molecular weight is 519 g/mol. The smallest absolute Gasteiger partial charge is 0.216 e. The molecule has 1 fully saturated rings. The Kier molecular flexibility index (Phi) is 9.33. The zero-order chi connectivity index (χ0) is 19.8. The van der Waals surface area contributed by atoms with E-state index in [1.165, 1.54) is 0 Å². The maximum Gasteiger partial charge on any atom is 0.216 e. The molecular formula is C18H30IN7O3. The molecule has 0 bridgehead atoms. The minimum Gasteiger partial charge on any atom is -0.461 e. The third-order valence-corrected chi connectivity index (χ3v) is 4.31. The number of β-amino-alcohol motifs (C(OH)–C–C–N with tert-alkyl or cyclic N) is 1. The van der Waals surface area contributed by atoms with E-state index in [0.717, 1.165) is 13.1 Å². The third-order valence-electron chi connectivity index (χ3n) is 4.31. The fourth-order valence-electron chi connectivity index (χ4n) is 2.95. The minimum atomic E-state index is -0.883. The molecule has 0 radical (unpaired) electrons. The Balaban J connectivity index is 0.00000300. The Bertz CT molecular complexity index is 742. The van der Waals surface area contributed by atoms with Crippen molar-refractivity contribution < 1.29 is 14.3 Å². The summed E-state index contributed by atoms with van der Waals surface area (Å²) in [6.07, 6.45) is 1.58. The van der Waals surface area contributed by atoms with Gasteiger partial charge in [-0.15, -0.1) is 29.1 Å². The highest BCUT2D eigenvalue weighted by molar-refractivity contribution is 14.0. The predicted octanol–water partition coefficient (Wildman–Crippen LogP) is 0.821. The molecule has 162 valence electrons. The van der Waals surface area contributed by atoms with Crippen molar-refractivity contribution in [3.8, 4) is 11.6 Å². The van der Waals surface area contributed by atoms with Gasteiger partial charge in [0.15, 0.2) is 11.7 Å². The second-order valence-corrected chi connectivity index (χ2v) is 7.02. The number of guanidine groups is 1. The quantitative estimate of drug-likeness (QED) is 0.230. The van der Waals surface area contributed by atoms with Gasteiger partial charge in [-0.1, -0.05) is 0 Å². The summed E-state index contributed by atoms with van der Waals surface area (Å²) in [5, 5.41) is 24.1. The number of aliphatic hydroxyl groups is 1. The zero-order valence-electron chi connectivity index (χ0n) is 16.8. The molecule has 0 aliphatic carbocycles. The summed E-state index contributed by atoms with van der Waals surface area (Å²) in [5.74, 6) is 2.35. The second kappa shape index (κ2) is 11.5. The van der Waals surface area contributed by atoms with Crippen molar-refractivity contribution in [3.63, 3.8) is 0 Å². The molecule has 0 aromatic carbocycles. The normalized spacial score (nSPS) is 17.4. The highest BCUT2D eigenvalue weighted by Crippen LogP contribution is 2.14. The number of nitrogens with one attached hydrogen (secondary N) is 3. The van der Waals surface area contributed by atoms with Gasteiger partial charge in [0.25, 0.3) is 0 Å². The molecule has 1 unspecified atom stereocenters. The number of hydrogen-bond donors (Lipinski definition) is 4. The van der Waals surface area contributed by atoms with Crippen LogP contribution < -0.4 is 10.6 Å². The van der Waals surface area contributed by atoms with Gasteiger partial charge in [-0.3, -0.25) is 10.00 Å². The first kappa shape index (κ1) is 23.6. The van der Waals surface area contributed by atoms with Gasteiger partial charge in [0.05, 0.1) is 25.1 Å². The van der Waals surface area contributed by atoms with Crippen LogP contribution in [0, 0.1) is 0 Å². The van der Waals surface area contributed by atoms with Gasteiger partial charge < -0.3 is 24.9 Å². The van der Waals surface area contributed by atoms with Gasteiger partial charge in [0.2, 0.25) is 5.82 Å². The predicted molar refractivity (Wildman–Crippen MR) is 120 cm³/mol. The molecule has 0 amide bonds. The van der Waals surface area contributed by atoms with Crippen molar-refractivity contribution in [1.82, 2.24) is 30.7 Å². The summed E-state index contributed by atoms with van der Waals surface area (Å²) in [7, 11) is 0. The molecule has 3 heterocycles. The van der Waals surface area contributed by atoms with Crippen LogP contribution in [0.3, 0.4) is 0 Å². The first-order valence-electron chi connectivity index (χ1n) is 9.55. The van der Waals surface area contributed by atoms with E-state index in [0.29, 0.717) is 62.8 Å². The molecule has 4 N–H and O–H groups in total. The molecule has 0 spiro atoms. The molecule has 1 aliphatic heterocycles. The Morgan fingerprint density at radius 3 is 2.86 bits per heavy atom. The molecule has 2 aromatic heterocycles. The van der Waals surface area contributed by atoms with Crippen LogP contribution in [0.5, 0.6) is 0 Å². The number of halogens is 1. The van der Waals surface area contributed by atoms with Crippen LogP contribution in [0.25, 0.3) is 11.6 Å². The summed E-state index contributed by atoms with van der Waals surface area (Å²) in [5.41, 5.74) is -0.883. The molecule has 29 heavy (non-hydrogen) atoms. The number of nitrogens with zero attached hydrogens (tertiary/aromatic N) is 4. The summed E-state index contributed by atoms with van der Waals surface area (Å²) >= 11 is 0. The largest absolute Gasteiger partial charge is 0.461 e. The fourth-order valence-corrected chi connectivity index (χ4v) is 2.95. The number of aliphatic imine (C=N–C) groups is 1. The average Bonchev–Trinajstić information content (AvgIpc) is 3.36. The van der Waals surface area contributed by atoms with Crippen LogP contribution in [0.1, 0.15) is 19.7 Å². The molecular weight excluding hydrogens is 489 g/mol. The summed E-state index contributed by atoms with van der Waals surface area (Å²) in [6, 6.07) is 3.60. The summed E-state index contributed by atoms with van der Waals surface area (Å²) < 4.78 is 10.6. The number of ether oxygens (including phenoxy) is 1. The summed E-state index contributed by atoms with van der Waals surface area (Å²) in [6.45, 7) is 8.93. The monoisotopic (exact) mass is 519 g/mol. The third kappa shape index (κ3) is 7.57. The van der Waals surface area contributed by atoms with E-state index in [9.17, 15) is 5.11 Å². The van der Waals surface area contributed by atoms with Crippen LogP contribution in [0.15, 0.2) is 27.8 Å². The molecule has 2 aromatic rings. The highest BCUT2D eigenvalue weighted by Gasteiger charge is 2.25. The van der Waals surface area contributed by atoms with Gasteiger partial charge in [0.1, 0.15) is 12.4 Å². The minimum absolute atomic E-state index is 0. The van der Waals surface area contributed by atoms with Crippen LogP contribution >= 0.6 is 24.0 Å². The molecule has 10 nitrogen and oxygen atoms in total. The van der Waals surface area contributed by atoms with Crippen molar-refractivity contribution >= 4 is 29.9 Å². The summed E-state index contributed by atoms with van der Waals surface area (Å²) in [4.78, 5) is 11.1. The Hall–Kier alpha value is -1.70. The Morgan fingerprint density at radius 2 is 2.17 bits per heavy atom. The van der Waals surface area contributed by atoms with Gasteiger partial charge in [0, 0.05) is 32.7 Å². The number of morpholine rings is 1. The van der Waals surface area contributed by atoms with Crippen LogP contribution in [-0.2, 0) is 11.3 Å². The zero-order valence-corrected chi connectivity index (χ0v) is 19.2. The topological polar surface area (TPSA) is 124 Å². The lowest BCUT2D eigenvalue weighted by atomic mass is 10.1. The lowest BCUT2D eigenvalue weighted by molar-refractivity contribution is -0.0201. The SMILES string of the molecule is CCNC(=NCc1nc(-c2ccco2)n[nH]1)NCC(C)(O)CN1CCOCC1.I. The van der Waals surface area contributed by atoms with E-state index >= 15 is 0 Å². The lowest BCUT2D eigenvalue weighted by Gasteiger charge is -2.34. The fraction of sp³-hybridized carbons (Fsp3) is 0.611. The lowest BCUT2D eigenvalue weighted by Crippen LogP contribution is -2.52. The second-order valence-electron chi connectivity index (χ2n) is 7.02. The van der Waals surface area contributed by atoms with Crippen molar-refractivity contribution in [2.45, 2.75) is 26.0 Å². The maximum atomic E-state index is 10.7. The molecule has 1 saturated heterocycles. The first-order chi connectivity index (χ1) is 13.6. The van der Waals surface area contributed by atoms with Crippen LogP contribution in [0.2, 0.25) is 0 Å². The standard InChI is InChI=1S/C18H29N7O3.HI/c1-3-19-17(21-12-18(2,26)13-25-6-9-27-10-7-25)20-11-15-22-16(24-23-15)14-5-4-8-28-14;/h4-5,8,26H,3,6-7,9-13H2,1-2H3,(H2,19,20,21)(H,22,23,24);1H. The number of aromatic nitrogens is 3. The van der Waals surface area contributed by atoms with E-state index in [1.54, 1.807) is 18.4 Å². The van der Waals surface area contributed by atoms with Gasteiger partial charge >= 0.3 is 0 Å². The molecule has 3 rings (SSSR count). The van der Waals surface area contributed by atoms with Crippen LogP contribution in [-0.4, -0.2) is 82.7 Å². The number of aromatic amines is 1.